The number of benzene rings is 2. The topological polar surface area (TPSA) is 116 Å². The molecule has 0 aliphatic carbocycles. The second-order valence-electron chi connectivity index (χ2n) is 5.91. The van der Waals surface area contributed by atoms with Crippen molar-refractivity contribution in [3.8, 4) is 40.6 Å². The summed E-state index contributed by atoms with van der Waals surface area (Å²) in [5.74, 6) is 1.42. The number of ether oxygens (including phenoxy) is 5. The number of fused-ring (bicyclic) bond motifs is 2. The van der Waals surface area contributed by atoms with Crippen LogP contribution in [0.2, 0.25) is 0 Å². The third-order valence-electron chi connectivity index (χ3n) is 4.52. The molecular formula is C19H16N2O6. The van der Waals surface area contributed by atoms with Crippen LogP contribution in [0.4, 0.5) is 0 Å². The Bertz CT molecular complexity index is 1010. The number of aromatic hydroxyl groups is 1. The normalized spacial score (nSPS) is 17.0. The lowest BCUT2D eigenvalue weighted by Gasteiger charge is -2.28. The Morgan fingerprint density at radius 2 is 1.89 bits per heavy atom. The van der Waals surface area contributed by atoms with Gasteiger partial charge < -0.3 is 34.5 Å². The van der Waals surface area contributed by atoms with Crippen molar-refractivity contribution in [1.82, 2.24) is 0 Å². The summed E-state index contributed by atoms with van der Waals surface area (Å²) in [5.41, 5.74) is 7.45. The lowest BCUT2D eigenvalue weighted by Crippen LogP contribution is -2.21. The fourth-order valence-corrected chi connectivity index (χ4v) is 3.39. The molecule has 2 aliphatic rings. The van der Waals surface area contributed by atoms with E-state index in [0.717, 1.165) is 0 Å². The van der Waals surface area contributed by atoms with Gasteiger partial charge in [0, 0.05) is 17.2 Å². The van der Waals surface area contributed by atoms with Gasteiger partial charge in [-0.25, -0.2) is 0 Å². The molecular weight excluding hydrogens is 352 g/mol. The maximum Gasteiger partial charge on any atom is 0.231 e. The molecule has 2 aliphatic heterocycles. The molecule has 0 aromatic heterocycles. The molecule has 1 atom stereocenters. The number of phenolic OH excluding ortho intramolecular Hbond substituents is 1. The van der Waals surface area contributed by atoms with Crippen LogP contribution in [0.5, 0.6) is 34.5 Å². The Morgan fingerprint density at radius 3 is 2.59 bits per heavy atom. The van der Waals surface area contributed by atoms with Crippen LogP contribution >= 0.6 is 0 Å². The Hall–Kier alpha value is -3.73. The maximum atomic E-state index is 9.78. The number of allylic oxidation sites excluding steroid dienone is 1. The smallest absolute Gasteiger partial charge is 0.231 e. The molecule has 138 valence electrons. The molecule has 0 amide bonds. The highest BCUT2D eigenvalue weighted by atomic mass is 16.7. The van der Waals surface area contributed by atoms with Crippen LogP contribution in [0.1, 0.15) is 17.0 Å². The van der Waals surface area contributed by atoms with Crippen LogP contribution in [0.3, 0.4) is 0 Å². The van der Waals surface area contributed by atoms with Crippen molar-refractivity contribution in [2.24, 2.45) is 5.73 Å². The summed E-state index contributed by atoms with van der Waals surface area (Å²) in [6.45, 7) is 0.0552. The number of methoxy groups -OCH3 is 2. The predicted molar refractivity (Wildman–Crippen MR) is 93.1 cm³/mol. The van der Waals surface area contributed by atoms with Crippen molar-refractivity contribution < 1.29 is 28.8 Å². The standard InChI is InChI=1S/C19H16N2O6/c1-23-16-11(6-14-17(18(16)24-2)26-8-25-14)15-10-4-3-9(22)5-13(10)27-19(21)12(15)7-20/h3-6,15,22H,8,21H2,1-2H3. The molecule has 0 radical (unpaired) electrons. The van der Waals surface area contributed by atoms with Gasteiger partial charge >= 0.3 is 0 Å². The van der Waals surface area contributed by atoms with Crippen LogP contribution < -0.4 is 29.4 Å². The van der Waals surface area contributed by atoms with Gasteiger partial charge in [0.15, 0.2) is 11.5 Å². The molecule has 1 unspecified atom stereocenters. The highest BCUT2D eigenvalue weighted by Gasteiger charge is 2.36. The average Bonchev–Trinajstić information content (AvgIpc) is 3.13. The Labute approximate surface area is 154 Å². The molecule has 0 saturated heterocycles. The second kappa shape index (κ2) is 6.21. The molecule has 4 rings (SSSR count). The fraction of sp³-hybridized carbons (Fsp3) is 0.211. The van der Waals surface area contributed by atoms with Gasteiger partial charge in [0.05, 0.1) is 20.1 Å². The van der Waals surface area contributed by atoms with E-state index >= 15 is 0 Å². The predicted octanol–water partition coefficient (Wildman–Crippen LogP) is 2.36. The van der Waals surface area contributed by atoms with E-state index < -0.39 is 5.92 Å². The largest absolute Gasteiger partial charge is 0.508 e. The zero-order chi connectivity index (χ0) is 19.1. The number of hydrogen-bond acceptors (Lipinski definition) is 8. The summed E-state index contributed by atoms with van der Waals surface area (Å²) in [6.07, 6.45) is 0. The van der Waals surface area contributed by atoms with E-state index in [1.54, 1.807) is 12.1 Å². The first-order valence-electron chi connectivity index (χ1n) is 8.04. The first-order valence-corrected chi connectivity index (χ1v) is 8.04. The molecule has 0 fully saturated rings. The molecule has 3 N–H and O–H groups in total. The molecule has 0 spiro atoms. The number of phenols is 1. The summed E-state index contributed by atoms with van der Waals surface area (Å²) in [6, 6.07) is 8.49. The molecule has 2 aromatic carbocycles. The number of hydrogen-bond donors (Lipinski definition) is 2. The van der Waals surface area contributed by atoms with E-state index in [4.69, 9.17) is 29.4 Å². The molecule has 2 heterocycles. The number of rotatable bonds is 3. The van der Waals surface area contributed by atoms with E-state index in [-0.39, 0.29) is 24.0 Å². The minimum Gasteiger partial charge on any atom is -0.508 e. The van der Waals surface area contributed by atoms with Gasteiger partial charge in [-0.05, 0) is 12.1 Å². The van der Waals surface area contributed by atoms with Crippen molar-refractivity contribution >= 4 is 0 Å². The van der Waals surface area contributed by atoms with Crippen LogP contribution in [-0.2, 0) is 0 Å². The van der Waals surface area contributed by atoms with Gasteiger partial charge in [-0.3, -0.25) is 0 Å². The number of nitrogens with zero attached hydrogens (tertiary/aromatic N) is 1. The van der Waals surface area contributed by atoms with E-state index in [2.05, 4.69) is 6.07 Å². The number of nitriles is 1. The third-order valence-corrected chi connectivity index (χ3v) is 4.52. The van der Waals surface area contributed by atoms with E-state index in [1.165, 1.54) is 26.4 Å². The van der Waals surface area contributed by atoms with Crippen molar-refractivity contribution in [3.63, 3.8) is 0 Å². The highest BCUT2D eigenvalue weighted by Crippen LogP contribution is 2.54. The van der Waals surface area contributed by atoms with Crippen molar-refractivity contribution in [1.29, 1.82) is 5.26 Å². The van der Waals surface area contributed by atoms with E-state index in [1.807, 2.05) is 0 Å². The summed E-state index contributed by atoms with van der Waals surface area (Å²) >= 11 is 0. The Balaban J connectivity index is 2.02. The van der Waals surface area contributed by atoms with Gasteiger partial charge in [-0.1, -0.05) is 6.07 Å². The molecule has 8 heteroatoms. The Morgan fingerprint density at radius 1 is 1.11 bits per heavy atom. The Kier molecular flexibility index (Phi) is 3.85. The summed E-state index contributed by atoms with van der Waals surface area (Å²) in [7, 11) is 2.99. The highest BCUT2D eigenvalue weighted by molar-refractivity contribution is 5.69. The van der Waals surface area contributed by atoms with Crippen LogP contribution in [0.25, 0.3) is 0 Å². The maximum absolute atomic E-state index is 9.78. The minimum atomic E-state index is -0.599. The van der Waals surface area contributed by atoms with Crippen LogP contribution in [-0.4, -0.2) is 26.1 Å². The minimum absolute atomic E-state index is 0.0240. The molecule has 8 nitrogen and oxygen atoms in total. The monoisotopic (exact) mass is 368 g/mol. The molecule has 2 aromatic rings. The SMILES string of the molecule is COc1c(C2C(C#N)=C(N)Oc3cc(O)ccc32)cc2c(c1OC)OCO2. The summed E-state index contributed by atoms with van der Waals surface area (Å²) in [4.78, 5) is 0. The van der Waals surface area contributed by atoms with Crippen LogP contribution in [0.15, 0.2) is 35.7 Å². The second-order valence-corrected chi connectivity index (χ2v) is 5.91. The van der Waals surface area contributed by atoms with Gasteiger partial charge in [0.2, 0.25) is 24.2 Å². The lowest BCUT2D eigenvalue weighted by molar-refractivity contribution is 0.170. The zero-order valence-electron chi connectivity index (χ0n) is 14.6. The average molecular weight is 368 g/mol. The quantitative estimate of drug-likeness (QED) is 0.848. The van der Waals surface area contributed by atoms with Gasteiger partial charge in [-0.15, -0.1) is 0 Å². The summed E-state index contributed by atoms with van der Waals surface area (Å²) < 4.78 is 27.6. The first-order chi connectivity index (χ1) is 13.1. The van der Waals surface area contributed by atoms with Gasteiger partial charge in [0.25, 0.3) is 0 Å². The van der Waals surface area contributed by atoms with E-state index in [9.17, 15) is 10.4 Å². The lowest BCUT2D eigenvalue weighted by atomic mass is 9.82. The van der Waals surface area contributed by atoms with Crippen molar-refractivity contribution in [2.75, 3.05) is 21.0 Å². The first kappa shape index (κ1) is 16.7. The zero-order valence-corrected chi connectivity index (χ0v) is 14.6. The summed E-state index contributed by atoms with van der Waals surface area (Å²) in [5, 5.41) is 19.5. The fourth-order valence-electron chi connectivity index (χ4n) is 3.39. The molecule has 0 saturated carbocycles. The molecule has 0 bridgehead atoms. The number of nitrogens with two attached hydrogens (primary N) is 1. The third kappa shape index (κ3) is 2.44. The van der Waals surface area contributed by atoms with Gasteiger partial charge in [0.1, 0.15) is 23.1 Å². The van der Waals surface area contributed by atoms with E-state index in [0.29, 0.717) is 39.9 Å². The van der Waals surface area contributed by atoms with Crippen molar-refractivity contribution in [3.05, 3.63) is 46.8 Å². The van der Waals surface area contributed by atoms with Gasteiger partial charge in [-0.2, -0.15) is 5.26 Å². The molecule has 27 heavy (non-hydrogen) atoms. The van der Waals surface area contributed by atoms with Crippen LogP contribution in [0, 0.1) is 11.3 Å². The van der Waals surface area contributed by atoms with Crippen molar-refractivity contribution in [2.45, 2.75) is 5.92 Å².